The van der Waals surface area contributed by atoms with E-state index in [9.17, 15) is 0 Å². The molecule has 0 aliphatic rings. The van der Waals surface area contributed by atoms with Gasteiger partial charge in [-0.2, -0.15) is 0 Å². The van der Waals surface area contributed by atoms with Crippen molar-refractivity contribution in [2.45, 2.75) is 40.7 Å². The van der Waals surface area contributed by atoms with Crippen LogP contribution in [0.1, 0.15) is 39.7 Å². The third-order valence-electron chi connectivity index (χ3n) is 2.62. The summed E-state index contributed by atoms with van der Waals surface area (Å²) in [7, 11) is 2.17. The van der Waals surface area contributed by atoms with Crippen LogP contribution in [0.3, 0.4) is 0 Å². The molecule has 0 fully saturated rings. The van der Waals surface area contributed by atoms with E-state index in [2.05, 4.69) is 56.0 Å². The second kappa shape index (κ2) is 6.74. The highest BCUT2D eigenvalue weighted by molar-refractivity contribution is 5.43. The van der Waals surface area contributed by atoms with Gasteiger partial charge >= 0.3 is 0 Å². The lowest BCUT2D eigenvalue weighted by Crippen LogP contribution is -2.29. The third-order valence-corrected chi connectivity index (χ3v) is 2.62. The van der Waals surface area contributed by atoms with Gasteiger partial charge < -0.3 is 10.2 Å². The van der Waals surface area contributed by atoms with Gasteiger partial charge in [0.05, 0.1) is 0 Å². The first-order valence-electron chi connectivity index (χ1n) is 6.78. The monoisotopic (exact) mass is 249 g/mol. The summed E-state index contributed by atoms with van der Waals surface area (Å²) < 4.78 is 0. The Labute approximate surface area is 112 Å². The minimum atomic E-state index is 0.327. The zero-order valence-electron chi connectivity index (χ0n) is 12.5. The Balaban J connectivity index is 2.65. The smallest absolute Gasteiger partial charge is 0.130 e. The summed E-state index contributed by atoms with van der Waals surface area (Å²) in [6.45, 7) is 12.0. The summed E-state index contributed by atoms with van der Waals surface area (Å²) in [4.78, 5) is 6.78. The fourth-order valence-electron chi connectivity index (χ4n) is 2.13. The van der Waals surface area contributed by atoms with Gasteiger partial charge in [0.1, 0.15) is 5.82 Å². The van der Waals surface area contributed by atoms with Gasteiger partial charge in [0.15, 0.2) is 0 Å². The predicted octanol–water partition coefficient (Wildman–Crippen LogP) is 3.38. The molecule has 0 saturated heterocycles. The topological polar surface area (TPSA) is 28.2 Å². The van der Waals surface area contributed by atoms with Crippen molar-refractivity contribution >= 4 is 5.82 Å². The lowest BCUT2D eigenvalue weighted by atomic mass is 9.96. The molecule has 102 valence electrons. The molecule has 0 bridgehead atoms. The van der Waals surface area contributed by atoms with E-state index >= 15 is 0 Å². The predicted molar refractivity (Wildman–Crippen MR) is 78.8 cm³/mol. The van der Waals surface area contributed by atoms with Crippen molar-refractivity contribution in [1.82, 2.24) is 9.88 Å². The maximum absolute atomic E-state index is 4.43. The van der Waals surface area contributed by atoms with Crippen LogP contribution in [0, 0.1) is 5.41 Å². The van der Waals surface area contributed by atoms with Crippen molar-refractivity contribution in [3.8, 4) is 0 Å². The SMILES string of the molecule is CCCNc1ncccc1CN(C)CC(C)(C)C. The van der Waals surface area contributed by atoms with Crippen LogP contribution >= 0.6 is 0 Å². The van der Waals surface area contributed by atoms with E-state index in [1.807, 2.05) is 12.3 Å². The fraction of sp³-hybridized carbons (Fsp3) is 0.667. The molecule has 3 heteroatoms. The molecule has 0 aromatic carbocycles. The van der Waals surface area contributed by atoms with E-state index in [1.54, 1.807) is 0 Å². The standard InChI is InChI=1S/C15H27N3/c1-6-9-16-14-13(8-7-10-17-14)11-18(5)12-15(2,3)4/h7-8,10H,6,9,11-12H2,1-5H3,(H,16,17). The zero-order valence-corrected chi connectivity index (χ0v) is 12.5. The number of nitrogens with zero attached hydrogens (tertiary/aromatic N) is 2. The van der Waals surface area contributed by atoms with Crippen molar-refractivity contribution in [3.63, 3.8) is 0 Å². The molecule has 1 heterocycles. The first kappa shape index (κ1) is 15.0. The highest BCUT2D eigenvalue weighted by Gasteiger charge is 2.14. The van der Waals surface area contributed by atoms with E-state index in [1.165, 1.54) is 5.56 Å². The average molecular weight is 249 g/mol. The van der Waals surface area contributed by atoms with Gasteiger partial charge in [-0.15, -0.1) is 0 Å². The lowest BCUT2D eigenvalue weighted by molar-refractivity contribution is 0.221. The molecular formula is C15H27N3. The fourth-order valence-corrected chi connectivity index (χ4v) is 2.13. The Morgan fingerprint density at radius 1 is 1.33 bits per heavy atom. The number of aromatic nitrogens is 1. The maximum Gasteiger partial charge on any atom is 0.130 e. The molecular weight excluding hydrogens is 222 g/mol. The van der Waals surface area contributed by atoms with Gasteiger partial charge in [-0.05, 0) is 24.9 Å². The highest BCUT2D eigenvalue weighted by Crippen LogP contribution is 2.18. The van der Waals surface area contributed by atoms with Crippen LogP contribution in [0.5, 0.6) is 0 Å². The molecule has 0 spiro atoms. The summed E-state index contributed by atoms with van der Waals surface area (Å²) >= 11 is 0. The summed E-state index contributed by atoms with van der Waals surface area (Å²) in [5, 5.41) is 3.39. The van der Waals surface area contributed by atoms with Crippen molar-refractivity contribution in [3.05, 3.63) is 23.9 Å². The molecule has 0 aliphatic carbocycles. The molecule has 1 aromatic heterocycles. The zero-order chi connectivity index (χ0) is 13.6. The molecule has 18 heavy (non-hydrogen) atoms. The van der Waals surface area contributed by atoms with Gasteiger partial charge in [-0.25, -0.2) is 4.98 Å². The average Bonchev–Trinajstić information content (AvgIpc) is 2.25. The van der Waals surface area contributed by atoms with Gasteiger partial charge in [-0.3, -0.25) is 0 Å². The first-order valence-corrected chi connectivity index (χ1v) is 6.78. The highest BCUT2D eigenvalue weighted by atomic mass is 15.1. The number of pyridine rings is 1. The summed E-state index contributed by atoms with van der Waals surface area (Å²) in [5.41, 5.74) is 1.60. The maximum atomic E-state index is 4.43. The quantitative estimate of drug-likeness (QED) is 0.837. The molecule has 0 amide bonds. The Morgan fingerprint density at radius 3 is 2.67 bits per heavy atom. The third kappa shape index (κ3) is 5.50. The van der Waals surface area contributed by atoms with Crippen LogP contribution in [0.4, 0.5) is 5.82 Å². The number of rotatable bonds is 6. The molecule has 1 rings (SSSR count). The molecule has 1 N–H and O–H groups in total. The van der Waals surface area contributed by atoms with Crippen LogP contribution in [-0.4, -0.2) is 30.0 Å². The van der Waals surface area contributed by atoms with E-state index in [0.717, 1.165) is 31.9 Å². The van der Waals surface area contributed by atoms with Crippen molar-refractivity contribution < 1.29 is 0 Å². The van der Waals surface area contributed by atoms with Crippen molar-refractivity contribution in [2.24, 2.45) is 5.41 Å². The number of hydrogen-bond donors (Lipinski definition) is 1. The number of hydrogen-bond acceptors (Lipinski definition) is 3. The van der Waals surface area contributed by atoms with E-state index in [4.69, 9.17) is 0 Å². The molecule has 0 radical (unpaired) electrons. The van der Waals surface area contributed by atoms with Crippen LogP contribution in [-0.2, 0) is 6.54 Å². The summed E-state index contributed by atoms with van der Waals surface area (Å²) in [6.07, 6.45) is 2.97. The normalized spacial score (nSPS) is 11.9. The second-order valence-electron chi connectivity index (χ2n) is 6.17. The Kier molecular flexibility index (Phi) is 5.60. The largest absolute Gasteiger partial charge is 0.370 e. The van der Waals surface area contributed by atoms with E-state index in [-0.39, 0.29) is 0 Å². The molecule has 0 atom stereocenters. The minimum Gasteiger partial charge on any atom is -0.370 e. The molecule has 0 unspecified atom stereocenters. The second-order valence-corrected chi connectivity index (χ2v) is 6.17. The molecule has 1 aromatic rings. The Morgan fingerprint density at radius 2 is 2.06 bits per heavy atom. The Hall–Kier alpha value is -1.09. The lowest BCUT2D eigenvalue weighted by Gasteiger charge is -2.27. The van der Waals surface area contributed by atoms with Gasteiger partial charge in [0.25, 0.3) is 0 Å². The van der Waals surface area contributed by atoms with Crippen molar-refractivity contribution in [2.75, 3.05) is 25.5 Å². The van der Waals surface area contributed by atoms with E-state index in [0.29, 0.717) is 5.41 Å². The number of anilines is 1. The summed E-state index contributed by atoms with van der Waals surface area (Å²) in [5.74, 6) is 1.03. The van der Waals surface area contributed by atoms with Gasteiger partial charge in [0.2, 0.25) is 0 Å². The van der Waals surface area contributed by atoms with Crippen molar-refractivity contribution in [1.29, 1.82) is 0 Å². The summed E-state index contributed by atoms with van der Waals surface area (Å²) in [6, 6.07) is 4.17. The van der Waals surface area contributed by atoms with Gasteiger partial charge in [0, 0.05) is 31.4 Å². The van der Waals surface area contributed by atoms with Crippen LogP contribution in [0.2, 0.25) is 0 Å². The first-order chi connectivity index (χ1) is 8.42. The molecule has 0 saturated carbocycles. The van der Waals surface area contributed by atoms with Crippen LogP contribution in [0.15, 0.2) is 18.3 Å². The van der Waals surface area contributed by atoms with Crippen LogP contribution in [0.25, 0.3) is 0 Å². The number of nitrogens with one attached hydrogen (secondary N) is 1. The molecule has 3 nitrogen and oxygen atoms in total. The van der Waals surface area contributed by atoms with E-state index < -0.39 is 0 Å². The minimum absolute atomic E-state index is 0.327. The van der Waals surface area contributed by atoms with Gasteiger partial charge in [-0.1, -0.05) is 33.8 Å². The molecule has 0 aliphatic heterocycles. The Bertz CT molecular complexity index is 355. The van der Waals surface area contributed by atoms with Crippen LogP contribution < -0.4 is 5.32 Å².